The standard InChI is InChI=1S/C14H17N3O3S/c1-9(20-2)12-16-14(21-17-12)15-11(13(18)19)8-10-6-4-3-5-7-10/h3-7,9,11H,8H2,1-2H3,(H,18,19)(H,15,16,17)/t9?,11-/m0/s1. The van der Waals surface area contributed by atoms with Gasteiger partial charge in [0.05, 0.1) is 0 Å². The highest BCUT2D eigenvalue weighted by molar-refractivity contribution is 7.09. The molecule has 0 saturated heterocycles. The summed E-state index contributed by atoms with van der Waals surface area (Å²) in [5, 5.41) is 12.7. The zero-order valence-corrected chi connectivity index (χ0v) is 12.6. The molecule has 0 bridgehead atoms. The third-order valence-corrected chi connectivity index (χ3v) is 3.70. The highest BCUT2D eigenvalue weighted by atomic mass is 32.1. The molecule has 0 aliphatic carbocycles. The van der Waals surface area contributed by atoms with Crippen molar-refractivity contribution in [2.75, 3.05) is 12.4 Å². The molecule has 0 aliphatic rings. The molecule has 1 heterocycles. The maximum absolute atomic E-state index is 11.4. The summed E-state index contributed by atoms with van der Waals surface area (Å²) >= 11 is 1.13. The first-order valence-corrected chi connectivity index (χ1v) is 7.27. The van der Waals surface area contributed by atoms with Gasteiger partial charge in [0, 0.05) is 25.1 Å². The van der Waals surface area contributed by atoms with Crippen molar-refractivity contribution in [3.8, 4) is 0 Å². The van der Waals surface area contributed by atoms with Crippen LogP contribution in [-0.2, 0) is 16.0 Å². The largest absolute Gasteiger partial charge is 0.480 e. The third-order valence-electron chi connectivity index (χ3n) is 3.04. The summed E-state index contributed by atoms with van der Waals surface area (Å²) in [6.07, 6.45) is 0.166. The Hall–Kier alpha value is -1.99. The molecule has 21 heavy (non-hydrogen) atoms. The Morgan fingerprint density at radius 3 is 2.76 bits per heavy atom. The minimum Gasteiger partial charge on any atom is -0.480 e. The predicted molar refractivity (Wildman–Crippen MR) is 80.5 cm³/mol. The van der Waals surface area contributed by atoms with Gasteiger partial charge >= 0.3 is 5.97 Å². The van der Waals surface area contributed by atoms with Crippen LogP contribution in [0, 0.1) is 0 Å². The van der Waals surface area contributed by atoms with Crippen molar-refractivity contribution < 1.29 is 14.6 Å². The number of anilines is 1. The summed E-state index contributed by atoms with van der Waals surface area (Å²) in [6, 6.07) is 8.73. The number of hydrogen-bond acceptors (Lipinski definition) is 6. The molecule has 1 unspecified atom stereocenters. The van der Waals surface area contributed by atoms with E-state index in [4.69, 9.17) is 4.74 Å². The highest BCUT2D eigenvalue weighted by Crippen LogP contribution is 2.19. The van der Waals surface area contributed by atoms with Gasteiger partial charge in [-0.05, 0) is 12.5 Å². The van der Waals surface area contributed by atoms with Crippen LogP contribution in [0.3, 0.4) is 0 Å². The number of carboxylic acids is 1. The number of nitrogens with one attached hydrogen (secondary N) is 1. The predicted octanol–water partition coefficient (Wildman–Crippen LogP) is 2.35. The smallest absolute Gasteiger partial charge is 0.326 e. The molecule has 0 fully saturated rings. The molecule has 1 aromatic carbocycles. The van der Waals surface area contributed by atoms with Crippen LogP contribution >= 0.6 is 11.5 Å². The molecule has 2 rings (SSSR count). The number of carbonyl (C=O) groups is 1. The number of aromatic nitrogens is 2. The van der Waals surface area contributed by atoms with Crippen LogP contribution in [0.1, 0.15) is 24.4 Å². The maximum atomic E-state index is 11.4. The zero-order chi connectivity index (χ0) is 15.2. The molecule has 0 radical (unpaired) electrons. The number of ether oxygens (including phenoxy) is 1. The van der Waals surface area contributed by atoms with E-state index in [9.17, 15) is 9.90 Å². The lowest BCUT2D eigenvalue weighted by molar-refractivity contribution is -0.137. The van der Waals surface area contributed by atoms with Gasteiger partial charge in [-0.3, -0.25) is 0 Å². The first-order chi connectivity index (χ1) is 10.1. The van der Waals surface area contributed by atoms with Crippen LogP contribution in [-0.4, -0.2) is 33.6 Å². The van der Waals surface area contributed by atoms with Crippen LogP contribution in [0.4, 0.5) is 5.13 Å². The van der Waals surface area contributed by atoms with Crippen molar-refractivity contribution in [3.05, 3.63) is 41.7 Å². The third kappa shape index (κ3) is 4.24. The summed E-state index contributed by atoms with van der Waals surface area (Å²) in [5.41, 5.74) is 0.951. The zero-order valence-electron chi connectivity index (χ0n) is 11.8. The quantitative estimate of drug-likeness (QED) is 0.817. The van der Waals surface area contributed by atoms with E-state index in [1.165, 1.54) is 0 Å². The Balaban J connectivity index is 2.06. The van der Waals surface area contributed by atoms with Crippen LogP contribution in [0.2, 0.25) is 0 Å². The van der Waals surface area contributed by atoms with Crippen molar-refractivity contribution in [1.29, 1.82) is 0 Å². The van der Waals surface area contributed by atoms with E-state index in [0.717, 1.165) is 17.1 Å². The van der Waals surface area contributed by atoms with Crippen LogP contribution in [0.25, 0.3) is 0 Å². The topological polar surface area (TPSA) is 84.3 Å². The minimum atomic E-state index is -0.921. The minimum absolute atomic E-state index is 0.214. The second kappa shape index (κ2) is 7.14. The number of aliphatic carboxylic acids is 1. The van der Waals surface area contributed by atoms with E-state index in [1.807, 2.05) is 37.3 Å². The summed E-state index contributed by atoms with van der Waals surface area (Å²) in [7, 11) is 1.58. The van der Waals surface area contributed by atoms with Gasteiger partial charge in [0.2, 0.25) is 5.13 Å². The first-order valence-electron chi connectivity index (χ1n) is 6.50. The fourth-order valence-electron chi connectivity index (χ4n) is 1.76. The van der Waals surface area contributed by atoms with E-state index in [2.05, 4.69) is 14.7 Å². The van der Waals surface area contributed by atoms with Gasteiger partial charge in [0.15, 0.2) is 5.82 Å². The van der Waals surface area contributed by atoms with Crippen molar-refractivity contribution in [2.24, 2.45) is 0 Å². The number of benzene rings is 1. The van der Waals surface area contributed by atoms with E-state index in [1.54, 1.807) is 7.11 Å². The fraction of sp³-hybridized carbons (Fsp3) is 0.357. The first kappa shape index (κ1) is 15.4. The van der Waals surface area contributed by atoms with Crippen molar-refractivity contribution in [3.63, 3.8) is 0 Å². The van der Waals surface area contributed by atoms with Gasteiger partial charge in [-0.2, -0.15) is 4.37 Å². The molecular formula is C14H17N3O3S. The summed E-state index contributed by atoms with van der Waals surface area (Å²) in [6.45, 7) is 1.84. The Morgan fingerprint density at radius 2 is 2.14 bits per heavy atom. The van der Waals surface area contributed by atoms with E-state index >= 15 is 0 Å². The molecule has 112 valence electrons. The molecule has 1 aromatic heterocycles. The number of carboxylic acid groups (broad SMARTS) is 1. The van der Waals surface area contributed by atoms with Crippen molar-refractivity contribution in [1.82, 2.24) is 9.36 Å². The average Bonchev–Trinajstić information content (AvgIpc) is 2.95. The summed E-state index contributed by atoms with van der Waals surface area (Å²) in [4.78, 5) is 15.6. The van der Waals surface area contributed by atoms with Crippen molar-refractivity contribution in [2.45, 2.75) is 25.5 Å². The lowest BCUT2D eigenvalue weighted by Crippen LogP contribution is -2.31. The Bertz CT molecular complexity index is 588. The van der Waals surface area contributed by atoms with Gasteiger partial charge < -0.3 is 15.2 Å². The lowest BCUT2D eigenvalue weighted by Gasteiger charge is -2.13. The lowest BCUT2D eigenvalue weighted by atomic mass is 10.1. The van der Waals surface area contributed by atoms with Gasteiger partial charge in [-0.15, -0.1) is 0 Å². The number of nitrogens with zero attached hydrogens (tertiary/aromatic N) is 2. The van der Waals surface area contributed by atoms with Gasteiger partial charge in [0.25, 0.3) is 0 Å². The molecule has 0 amide bonds. The monoisotopic (exact) mass is 307 g/mol. The maximum Gasteiger partial charge on any atom is 0.326 e. The number of rotatable bonds is 7. The fourth-order valence-corrected chi connectivity index (χ4v) is 2.46. The van der Waals surface area contributed by atoms with E-state index in [-0.39, 0.29) is 6.10 Å². The number of methoxy groups -OCH3 is 1. The normalized spacial score (nSPS) is 13.6. The highest BCUT2D eigenvalue weighted by Gasteiger charge is 2.20. The van der Waals surface area contributed by atoms with Gasteiger partial charge in [-0.1, -0.05) is 30.3 Å². The Kier molecular flexibility index (Phi) is 5.24. The van der Waals surface area contributed by atoms with Crippen LogP contribution in [0.15, 0.2) is 30.3 Å². The molecule has 2 aromatic rings. The molecule has 6 nitrogen and oxygen atoms in total. The Labute approximate surface area is 127 Å². The van der Waals surface area contributed by atoms with E-state index in [0.29, 0.717) is 17.4 Å². The average molecular weight is 307 g/mol. The Morgan fingerprint density at radius 1 is 1.43 bits per heavy atom. The molecule has 2 atom stereocenters. The SMILES string of the molecule is COC(C)c1nsc(N[C@@H](Cc2ccccc2)C(=O)O)n1. The molecular weight excluding hydrogens is 290 g/mol. The van der Waals surface area contributed by atoms with Crippen LogP contribution in [0.5, 0.6) is 0 Å². The second-order valence-corrected chi connectivity index (χ2v) is 5.31. The van der Waals surface area contributed by atoms with E-state index < -0.39 is 12.0 Å². The molecule has 7 heteroatoms. The van der Waals surface area contributed by atoms with Gasteiger partial charge in [-0.25, -0.2) is 9.78 Å². The molecule has 2 N–H and O–H groups in total. The molecule has 0 aliphatic heterocycles. The van der Waals surface area contributed by atoms with Gasteiger partial charge in [0.1, 0.15) is 12.1 Å². The summed E-state index contributed by atoms with van der Waals surface area (Å²) in [5.74, 6) is -0.371. The number of hydrogen-bond donors (Lipinski definition) is 2. The van der Waals surface area contributed by atoms with Crippen molar-refractivity contribution >= 4 is 22.6 Å². The van der Waals surface area contributed by atoms with Crippen LogP contribution < -0.4 is 5.32 Å². The second-order valence-electron chi connectivity index (χ2n) is 4.56. The molecule has 0 spiro atoms. The summed E-state index contributed by atoms with van der Waals surface area (Å²) < 4.78 is 9.29. The molecule has 0 saturated carbocycles.